The van der Waals surface area contributed by atoms with Crippen molar-refractivity contribution in [2.24, 2.45) is 5.73 Å². The normalized spacial score (nSPS) is 12.9. The van der Waals surface area contributed by atoms with Gasteiger partial charge in [-0.3, -0.25) is 13.9 Å². The molecule has 0 saturated heterocycles. The Bertz CT molecular complexity index is 1970. The maximum absolute atomic E-state index is 12.5. The zero-order valence-electron chi connectivity index (χ0n) is 24.4. The van der Waals surface area contributed by atoms with Crippen LogP contribution < -0.4 is 5.73 Å². The number of carbonyl (C=O) groups is 1. The van der Waals surface area contributed by atoms with E-state index < -0.39 is 36.1 Å². The monoisotopic (exact) mass is 625 g/mol. The minimum Gasteiger partial charge on any atom is -0.507 e. The number of phenols is 1. The van der Waals surface area contributed by atoms with Gasteiger partial charge in [-0.05, 0) is 77.8 Å². The molecule has 0 radical (unpaired) electrons. The summed E-state index contributed by atoms with van der Waals surface area (Å²) >= 11 is 0. The Morgan fingerprint density at radius 2 is 1.33 bits per heavy atom. The third kappa shape index (κ3) is 6.81. The Morgan fingerprint density at radius 1 is 0.791 bits per heavy atom. The van der Waals surface area contributed by atoms with Crippen molar-refractivity contribution in [3.05, 3.63) is 88.0 Å². The molecule has 0 bridgehead atoms. The van der Waals surface area contributed by atoms with Gasteiger partial charge in [0.25, 0.3) is 20.2 Å². The summed E-state index contributed by atoms with van der Waals surface area (Å²) in [4.78, 5) is 11.0. The Labute approximate surface area is 251 Å². The van der Waals surface area contributed by atoms with Crippen LogP contribution in [-0.2, 0) is 37.9 Å². The van der Waals surface area contributed by atoms with E-state index >= 15 is 0 Å². The van der Waals surface area contributed by atoms with Gasteiger partial charge in [-0.25, -0.2) is 0 Å². The molecule has 0 spiro atoms. The van der Waals surface area contributed by atoms with Crippen molar-refractivity contribution in [1.29, 1.82) is 0 Å². The van der Waals surface area contributed by atoms with Crippen LogP contribution in [0.4, 0.5) is 0 Å². The third-order valence-electron chi connectivity index (χ3n) is 7.87. The second-order valence-corrected chi connectivity index (χ2v) is 13.7. The number of hydrogen-bond acceptors (Lipinski definition) is 7. The third-order valence-corrected chi connectivity index (χ3v) is 9.74. The van der Waals surface area contributed by atoms with Crippen LogP contribution in [0.5, 0.6) is 5.75 Å². The van der Waals surface area contributed by atoms with Crippen molar-refractivity contribution >= 4 is 36.8 Å². The van der Waals surface area contributed by atoms with Crippen LogP contribution in [0.3, 0.4) is 0 Å². The first-order valence-electron chi connectivity index (χ1n) is 13.7. The van der Waals surface area contributed by atoms with Crippen molar-refractivity contribution < 1.29 is 35.8 Å². The van der Waals surface area contributed by atoms with E-state index in [-0.39, 0.29) is 40.7 Å². The number of phenolic OH excluding ortho intramolecular Hbond substituents is 1. The van der Waals surface area contributed by atoms with E-state index in [1.807, 2.05) is 57.2 Å². The van der Waals surface area contributed by atoms with E-state index in [1.54, 1.807) is 0 Å². The van der Waals surface area contributed by atoms with E-state index in [4.69, 9.17) is 5.73 Å². The molecule has 43 heavy (non-hydrogen) atoms. The molecular weight excluding hydrogens is 590 g/mol. The van der Waals surface area contributed by atoms with Gasteiger partial charge in [0.15, 0.2) is 5.78 Å². The number of aryl methyl sites for hydroxylation is 3. The van der Waals surface area contributed by atoms with Gasteiger partial charge in [-0.1, -0.05) is 61.9 Å². The first-order chi connectivity index (χ1) is 20.0. The quantitative estimate of drug-likeness (QED) is 0.167. The summed E-state index contributed by atoms with van der Waals surface area (Å²) in [6, 6.07) is 14.9. The number of Topliss-reactive ketones (excluding diaryl/α,β-unsaturated/α-hetero) is 1. The predicted octanol–water partition coefficient (Wildman–Crippen LogP) is 5.46. The molecule has 1 unspecified atom stereocenters. The molecule has 4 aromatic carbocycles. The zero-order chi connectivity index (χ0) is 31.9. The van der Waals surface area contributed by atoms with Crippen LogP contribution in [0, 0.1) is 20.8 Å². The molecule has 0 aliphatic rings. The average Bonchev–Trinajstić information content (AvgIpc) is 2.91. The van der Waals surface area contributed by atoms with Gasteiger partial charge < -0.3 is 10.8 Å². The van der Waals surface area contributed by atoms with E-state index in [2.05, 4.69) is 0 Å². The maximum Gasteiger partial charge on any atom is 0.295 e. The fourth-order valence-electron chi connectivity index (χ4n) is 5.42. The Hall–Kier alpha value is -3.61. The standard InChI is InChI=1S/C32H35NO8S2/c1-5-6-27(33)28(34)16-22-8-10-24(14-19(22)3)23-9-7-21(18(2)13-23)15-25-11-12-26-30(43(39,40)41)17-29(42(36,37)38)20(4)31(26)32(25)35/h7-14,17,27,35H,5-6,15-16,33H2,1-4H3,(H,36,37,38)(H,39,40,41). The lowest BCUT2D eigenvalue weighted by atomic mass is 9.92. The first-order valence-corrected chi connectivity index (χ1v) is 16.6. The highest BCUT2D eigenvalue weighted by Crippen LogP contribution is 2.39. The van der Waals surface area contributed by atoms with Crippen molar-refractivity contribution in [3.8, 4) is 16.9 Å². The van der Waals surface area contributed by atoms with Gasteiger partial charge in [0.2, 0.25) is 0 Å². The maximum atomic E-state index is 12.5. The first kappa shape index (κ1) is 32.3. The van der Waals surface area contributed by atoms with Crippen molar-refractivity contribution in [2.75, 3.05) is 0 Å². The van der Waals surface area contributed by atoms with E-state index in [9.17, 15) is 35.8 Å². The minimum absolute atomic E-state index is 0.0217. The van der Waals surface area contributed by atoms with E-state index in [1.165, 1.54) is 19.1 Å². The smallest absolute Gasteiger partial charge is 0.295 e. The van der Waals surface area contributed by atoms with Crippen LogP contribution in [-0.4, -0.2) is 42.9 Å². The summed E-state index contributed by atoms with van der Waals surface area (Å²) in [7, 11) is -9.74. The van der Waals surface area contributed by atoms with Gasteiger partial charge >= 0.3 is 0 Å². The molecule has 0 amide bonds. The lowest BCUT2D eigenvalue weighted by Crippen LogP contribution is -2.31. The van der Waals surface area contributed by atoms with Crippen molar-refractivity contribution in [2.45, 2.75) is 69.2 Å². The summed E-state index contributed by atoms with van der Waals surface area (Å²) in [5.41, 5.74) is 12.0. The van der Waals surface area contributed by atoms with E-state index in [0.29, 0.717) is 18.1 Å². The second kappa shape index (κ2) is 12.2. The number of hydrogen-bond donors (Lipinski definition) is 4. The van der Waals surface area contributed by atoms with Gasteiger partial charge in [-0.15, -0.1) is 0 Å². The topological polar surface area (TPSA) is 172 Å². The summed E-state index contributed by atoms with van der Waals surface area (Å²) in [6.07, 6.45) is 2.04. The molecule has 4 aromatic rings. The molecule has 11 heteroatoms. The largest absolute Gasteiger partial charge is 0.507 e. The number of ketones is 1. The zero-order valence-corrected chi connectivity index (χ0v) is 26.0. The average molecular weight is 626 g/mol. The highest BCUT2D eigenvalue weighted by Gasteiger charge is 2.26. The van der Waals surface area contributed by atoms with Crippen LogP contribution >= 0.6 is 0 Å². The molecule has 0 fully saturated rings. The SMILES string of the molecule is CCCC(N)C(=O)Cc1ccc(-c2ccc(Cc3ccc4c(S(=O)(=O)O)cc(S(=O)(=O)O)c(C)c4c3O)c(C)c2)cc1C. The van der Waals surface area contributed by atoms with Crippen LogP contribution in [0.25, 0.3) is 21.9 Å². The molecular formula is C32H35NO8S2. The molecule has 0 heterocycles. The molecule has 4 rings (SSSR count). The second-order valence-electron chi connectivity index (χ2n) is 10.9. The Kier molecular flexibility index (Phi) is 9.15. The molecule has 9 nitrogen and oxygen atoms in total. The fraction of sp³-hybridized carbons (Fsp3) is 0.281. The lowest BCUT2D eigenvalue weighted by Gasteiger charge is -2.16. The van der Waals surface area contributed by atoms with Gasteiger partial charge in [0, 0.05) is 23.6 Å². The molecule has 5 N–H and O–H groups in total. The summed E-state index contributed by atoms with van der Waals surface area (Å²) < 4.78 is 67.4. The molecule has 0 aliphatic heterocycles. The number of nitrogens with two attached hydrogens (primary N) is 1. The van der Waals surface area contributed by atoms with Crippen LogP contribution in [0.1, 0.15) is 53.1 Å². The van der Waals surface area contributed by atoms with Gasteiger partial charge in [-0.2, -0.15) is 16.8 Å². The molecule has 228 valence electrons. The van der Waals surface area contributed by atoms with Gasteiger partial charge in [0.05, 0.1) is 10.9 Å². The highest BCUT2D eigenvalue weighted by atomic mass is 32.2. The lowest BCUT2D eigenvalue weighted by molar-refractivity contribution is -0.119. The van der Waals surface area contributed by atoms with Crippen LogP contribution in [0.2, 0.25) is 0 Å². The molecule has 0 aliphatic carbocycles. The number of carbonyl (C=O) groups excluding carboxylic acids is 1. The Balaban J connectivity index is 1.68. The van der Waals surface area contributed by atoms with E-state index in [0.717, 1.165) is 39.8 Å². The fourth-order valence-corrected chi connectivity index (χ4v) is 6.96. The number of aromatic hydroxyl groups is 1. The summed E-state index contributed by atoms with van der Waals surface area (Å²) in [5.74, 6) is -0.332. The number of benzene rings is 4. The summed E-state index contributed by atoms with van der Waals surface area (Å²) in [5, 5.41) is 11.0. The predicted molar refractivity (Wildman–Crippen MR) is 166 cm³/mol. The minimum atomic E-state index is -4.88. The Morgan fingerprint density at radius 3 is 1.84 bits per heavy atom. The highest BCUT2D eigenvalue weighted by molar-refractivity contribution is 7.86. The molecule has 0 saturated carbocycles. The van der Waals surface area contributed by atoms with Crippen molar-refractivity contribution in [1.82, 2.24) is 0 Å². The van der Waals surface area contributed by atoms with Gasteiger partial charge in [0.1, 0.15) is 10.6 Å². The summed E-state index contributed by atoms with van der Waals surface area (Å²) in [6.45, 7) is 7.22. The molecule has 1 atom stereocenters. The number of rotatable bonds is 10. The van der Waals surface area contributed by atoms with Crippen LogP contribution in [0.15, 0.2) is 64.4 Å². The van der Waals surface area contributed by atoms with Crippen molar-refractivity contribution in [3.63, 3.8) is 0 Å². The number of fused-ring (bicyclic) bond motifs is 1. The molecule has 0 aromatic heterocycles.